The van der Waals surface area contributed by atoms with Crippen LogP contribution in [0.5, 0.6) is 0 Å². The van der Waals surface area contributed by atoms with Crippen molar-refractivity contribution in [2.24, 2.45) is 0 Å². The quantitative estimate of drug-likeness (QED) is 0.806. The average molecular weight is 272 g/mol. The monoisotopic (exact) mass is 271 g/mol. The SMILES string of the molecule is Cc1cccc(-c2cc(CS(=O)(=O)Cl)no2)c1. The Bertz CT molecular complexity index is 634. The molecule has 0 aliphatic carbocycles. The first-order chi connectivity index (χ1) is 7.94. The van der Waals surface area contributed by atoms with E-state index in [-0.39, 0.29) is 5.75 Å². The highest BCUT2D eigenvalue weighted by molar-refractivity contribution is 8.13. The molecule has 0 saturated carbocycles. The van der Waals surface area contributed by atoms with E-state index in [9.17, 15) is 8.42 Å². The zero-order valence-corrected chi connectivity index (χ0v) is 10.6. The Morgan fingerprint density at radius 3 is 2.76 bits per heavy atom. The molecule has 0 saturated heterocycles. The number of hydrogen-bond donors (Lipinski definition) is 0. The average Bonchev–Trinajstić information content (AvgIpc) is 2.63. The molecular weight excluding hydrogens is 262 g/mol. The van der Waals surface area contributed by atoms with Gasteiger partial charge in [-0.3, -0.25) is 0 Å². The lowest BCUT2D eigenvalue weighted by Gasteiger charge is -1.95. The van der Waals surface area contributed by atoms with Gasteiger partial charge in [0.25, 0.3) is 0 Å². The Hall–Kier alpha value is -1.33. The van der Waals surface area contributed by atoms with Gasteiger partial charge in [0.15, 0.2) is 5.76 Å². The summed E-state index contributed by atoms with van der Waals surface area (Å²) in [6, 6.07) is 9.23. The van der Waals surface area contributed by atoms with E-state index in [2.05, 4.69) is 5.16 Å². The van der Waals surface area contributed by atoms with Gasteiger partial charge in [-0.1, -0.05) is 28.9 Å². The molecule has 0 atom stereocenters. The lowest BCUT2D eigenvalue weighted by atomic mass is 10.1. The van der Waals surface area contributed by atoms with Crippen LogP contribution in [0.25, 0.3) is 11.3 Å². The van der Waals surface area contributed by atoms with Gasteiger partial charge in [-0.25, -0.2) is 8.42 Å². The highest BCUT2D eigenvalue weighted by Gasteiger charge is 2.13. The summed E-state index contributed by atoms with van der Waals surface area (Å²) in [4.78, 5) is 0. The molecule has 2 aromatic rings. The van der Waals surface area contributed by atoms with E-state index >= 15 is 0 Å². The van der Waals surface area contributed by atoms with Crippen LogP contribution in [-0.2, 0) is 14.8 Å². The highest BCUT2D eigenvalue weighted by Crippen LogP contribution is 2.22. The number of hydrogen-bond acceptors (Lipinski definition) is 4. The molecule has 1 aromatic carbocycles. The second kappa shape index (κ2) is 4.50. The Labute approximate surface area is 104 Å². The van der Waals surface area contributed by atoms with Crippen LogP contribution in [0.3, 0.4) is 0 Å². The van der Waals surface area contributed by atoms with Gasteiger partial charge in [0.2, 0.25) is 9.05 Å². The smallest absolute Gasteiger partial charge is 0.238 e. The minimum Gasteiger partial charge on any atom is -0.356 e. The van der Waals surface area contributed by atoms with Gasteiger partial charge in [-0.2, -0.15) is 0 Å². The van der Waals surface area contributed by atoms with Gasteiger partial charge < -0.3 is 4.52 Å². The molecule has 90 valence electrons. The summed E-state index contributed by atoms with van der Waals surface area (Å²) in [5.74, 6) is 0.202. The normalized spacial score (nSPS) is 11.6. The van der Waals surface area contributed by atoms with E-state index < -0.39 is 9.05 Å². The van der Waals surface area contributed by atoms with E-state index in [0.717, 1.165) is 11.1 Å². The molecule has 0 N–H and O–H groups in total. The fraction of sp³-hybridized carbons (Fsp3) is 0.182. The largest absolute Gasteiger partial charge is 0.356 e. The van der Waals surface area contributed by atoms with Gasteiger partial charge in [-0.05, 0) is 13.0 Å². The molecule has 0 amide bonds. The molecule has 1 heterocycles. The molecule has 0 aliphatic rings. The summed E-state index contributed by atoms with van der Waals surface area (Å²) >= 11 is 0. The van der Waals surface area contributed by atoms with E-state index in [0.29, 0.717) is 11.5 Å². The molecule has 1 aromatic heterocycles. The summed E-state index contributed by atoms with van der Waals surface area (Å²) in [6.07, 6.45) is 0. The predicted octanol–water partition coefficient (Wildman–Crippen LogP) is 2.72. The van der Waals surface area contributed by atoms with E-state index in [1.165, 1.54) is 0 Å². The molecule has 0 unspecified atom stereocenters. The number of benzene rings is 1. The fourth-order valence-electron chi connectivity index (χ4n) is 1.49. The van der Waals surface area contributed by atoms with Crippen molar-refractivity contribution >= 4 is 19.7 Å². The Morgan fingerprint density at radius 1 is 1.35 bits per heavy atom. The molecule has 0 radical (unpaired) electrons. The molecule has 0 spiro atoms. The predicted molar refractivity (Wildman–Crippen MR) is 65.2 cm³/mol. The maximum Gasteiger partial charge on any atom is 0.238 e. The molecule has 6 heteroatoms. The van der Waals surface area contributed by atoms with Crippen LogP contribution in [0.15, 0.2) is 34.9 Å². The van der Waals surface area contributed by atoms with E-state index in [4.69, 9.17) is 15.2 Å². The first-order valence-electron chi connectivity index (χ1n) is 4.89. The lowest BCUT2D eigenvalue weighted by molar-refractivity contribution is 0.426. The van der Waals surface area contributed by atoms with Crippen LogP contribution in [0.1, 0.15) is 11.3 Å². The minimum absolute atomic E-state index is 0.302. The molecule has 0 bridgehead atoms. The molecular formula is C11H10ClNO3S. The van der Waals surface area contributed by atoms with Gasteiger partial charge in [0.05, 0.1) is 0 Å². The van der Waals surface area contributed by atoms with Crippen molar-refractivity contribution in [1.82, 2.24) is 5.16 Å². The van der Waals surface area contributed by atoms with Crippen molar-refractivity contribution in [1.29, 1.82) is 0 Å². The third-order valence-electron chi connectivity index (χ3n) is 2.18. The van der Waals surface area contributed by atoms with Crippen LogP contribution in [0, 0.1) is 6.92 Å². The third-order valence-corrected chi connectivity index (χ3v) is 3.15. The standard InChI is InChI=1S/C11H10ClNO3S/c1-8-3-2-4-9(5-8)11-6-10(13-16-11)7-17(12,14)15/h2-6H,7H2,1H3. The fourth-order valence-corrected chi connectivity index (χ4v) is 2.32. The highest BCUT2D eigenvalue weighted by atomic mass is 35.7. The van der Waals surface area contributed by atoms with Crippen LogP contribution >= 0.6 is 10.7 Å². The minimum atomic E-state index is -3.60. The molecule has 0 aliphatic heterocycles. The third kappa shape index (κ3) is 3.31. The Kier molecular flexibility index (Phi) is 3.22. The number of halogens is 1. The number of nitrogens with zero attached hydrogens (tertiary/aromatic N) is 1. The maximum atomic E-state index is 10.9. The summed E-state index contributed by atoms with van der Waals surface area (Å²) in [5, 5.41) is 3.67. The van der Waals surface area contributed by atoms with Crippen molar-refractivity contribution in [3.05, 3.63) is 41.6 Å². The summed E-state index contributed by atoms with van der Waals surface area (Å²) in [7, 11) is 1.53. The second-order valence-corrected chi connectivity index (χ2v) is 6.51. The zero-order valence-electron chi connectivity index (χ0n) is 9.05. The maximum absolute atomic E-state index is 10.9. The molecule has 4 nitrogen and oxygen atoms in total. The van der Waals surface area contributed by atoms with Gasteiger partial charge in [0, 0.05) is 22.3 Å². The van der Waals surface area contributed by atoms with Gasteiger partial charge >= 0.3 is 0 Å². The second-order valence-electron chi connectivity index (χ2n) is 3.74. The molecule has 0 fully saturated rings. The topological polar surface area (TPSA) is 60.2 Å². The first kappa shape index (κ1) is 12.1. The first-order valence-corrected chi connectivity index (χ1v) is 7.37. The number of rotatable bonds is 3. The molecule has 2 rings (SSSR count). The van der Waals surface area contributed by atoms with Crippen molar-refractivity contribution < 1.29 is 12.9 Å². The van der Waals surface area contributed by atoms with E-state index in [1.807, 2.05) is 31.2 Å². The Balaban J connectivity index is 2.30. The van der Waals surface area contributed by atoms with Crippen molar-refractivity contribution in [3.8, 4) is 11.3 Å². The van der Waals surface area contributed by atoms with Crippen molar-refractivity contribution in [3.63, 3.8) is 0 Å². The van der Waals surface area contributed by atoms with Crippen molar-refractivity contribution in [2.45, 2.75) is 12.7 Å². The van der Waals surface area contributed by atoms with Crippen LogP contribution in [-0.4, -0.2) is 13.6 Å². The number of aromatic nitrogens is 1. The van der Waals surface area contributed by atoms with Crippen LogP contribution in [0.4, 0.5) is 0 Å². The van der Waals surface area contributed by atoms with Crippen molar-refractivity contribution in [2.75, 3.05) is 0 Å². The summed E-state index contributed by atoms with van der Waals surface area (Å²) in [5.41, 5.74) is 2.25. The van der Waals surface area contributed by atoms with Gasteiger partial charge in [0.1, 0.15) is 11.4 Å². The zero-order chi connectivity index (χ0) is 12.5. The van der Waals surface area contributed by atoms with Crippen LogP contribution in [0.2, 0.25) is 0 Å². The number of aryl methyl sites for hydroxylation is 1. The van der Waals surface area contributed by atoms with Gasteiger partial charge in [-0.15, -0.1) is 0 Å². The Morgan fingerprint density at radius 2 is 2.12 bits per heavy atom. The summed E-state index contributed by atoms with van der Waals surface area (Å²) in [6.45, 7) is 1.96. The lowest BCUT2D eigenvalue weighted by Crippen LogP contribution is -1.94. The molecule has 17 heavy (non-hydrogen) atoms. The van der Waals surface area contributed by atoms with E-state index in [1.54, 1.807) is 6.07 Å². The summed E-state index contributed by atoms with van der Waals surface area (Å²) < 4.78 is 26.8. The van der Waals surface area contributed by atoms with Crippen LogP contribution < -0.4 is 0 Å².